The van der Waals surface area contributed by atoms with Crippen LogP contribution in [0.3, 0.4) is 0 Å². The number of fused-ring (bicyclic) bond motifs is 1. The molecule has 0 fully saturated rings. The standard InChI is InChI=1S/C13H16O2S/c1-3-16-8-11(14)13-7-10-6-9(2)4-5-12(10)15-13/h4-7,11,14H,3,8H2,1-2H3. The summed E-state index contributed by atoms with van der Waals surface area (Å²) in [5, 5.41) is 11.0. The number of hydrogen-bond donors (Lipinski definition) is 1. The summed E-state index contributed by atoms with van der Waals surface area (Å²) in [6.45, 7) is 4.13. The molecule has 1 aromatic heterocycles. The molecule has 0 aliphatic carbocycles. The minimum atomic E-state index is -0.502. The van der Waals surface area contributed by atoms with Crippen molar-refractivity contribution in [3.8, 4) is 0 Å². The maximum absolute atomic E-state index is 9.91. The lowest BCUT2D eigenvalue weighted by Crippen LogP contribution is -1.98. The Morgan fingerprint density at radius 3 is 2.94 bits per heavy atom. The first-order chi connectivity index (χ1) is 7.70. The maximum atomic E-state index is 9.91. The first-order valence-electron chi connectivity index (χ1n) is 5.46. The predicted octanol–water partition coefficient (Wildman–Crippen LogP) is 3.53. The Hall–Kier alpha value is -0.930. The zero-order valence-corrected chi connectivity index (χ0v) is 10.4. The van der Waals surface area contributed by atoms with Gasteiger partial charge in [0.15, 0.2) is 0 Å². The molecule has 0 aliphatic rings. The number of thioether (sulfide) groups is 1. The van der Waals surface area contributed by atoms with Crippen molar-refractivity contribution in [1.29, 1.82) is 0 Å². The molecular formula is C13H16O2S. The van der Waals surface area contributed by atoms with Gasteiger partial charge in [-0.25, -0.2) is 0 Å². The molecule has 0 amide bonds. The molecule has 2 nitrogen and oxygen atoms in total. The van der Waals surface area contributed by atoms with Crippen molar-refractivity contribution >= 4 is 22.7 Å². The van der Waals surface area contributed by atoms with E-state index >= 15 is 0 Å². The van der Waals surface area contributed by atoms with E-state index in [1.165, 1.54) is 5.56 Å². The summed E-state index contributed by atoms with van der Waals surface area (Å²) in [6.07, 6.45) is -0.502. The van der Waals surface area contributed by atoms with E-state index in [-0.39, 0.29) is 0 Å². The third-order valence-corrected chi connectivity index (χ3v) is 3.46. The molecule has 1 unspecified atom stereocenters. The number of rotatable bonds is 4. The van der Waals surface area contributed by atoms with E-state index in [4.69, 9.17) is 4.42 Å². The molecule has 1 aromatic carbocycles. The molecule has 0 saturated carbocycles. The van der Waals surface area contributed by atoms with Gasteiger partial charge in [0.25, 0.3) is 0 Å². The number of hydrogen-bond acceptors (Lipinski definition) is 3. The van der Waals surface area contributed by atoms with Crippen molar-refractivity contribution in [3.05, 3.63) is 35.6 Å². The van der Waals surface area contributed by atoms with Crippen LogP contribution in [0.5, 0.6) is 0 Å². The highest BCUT2D eigenvalue weighted by atomic mass is 32.2. The van der Waals surface area contributed by atoms with E-state index in [0.717, 1.165) is 16.7 Å². The van der Waals surface area contributed by atoms with Crippen LogP contribution < -0.4 is 0 Å². The van der Waals surface area contributed by atoms with E-state index in [1.54, 1.807) is 11.8 Å². The monoisotopic (exact) mass is 236 g/mol. The number of aliphatic hydroxyl groups is 1. The molecule has 0 spiro atoms. The van der Waals surface area contributed by atoms with E-state index in [9.17, 15) is 5.11 Å². The molecule has 86 valence electrons. The Balaban J connectivity index is 2.25. The Labute approximate surface area is 99.6 Å². The smallest absolute Gasteiger partial charge is 0.134 e. The van der Waals surface area contributed by atoms with Gasteiger partial charge in [-0.05, 0) is 30.9 Å². The number of benzene rings is 1. The lowest BCUT2D eigenvalue weighted by molar-refractivity contribution is 0.177. The van der Waals surface area contributed by atoms with Gasteiger partial charge in [-0.1, -0.05) is 18.6 Å². The second-order valence-electron chi connectivity index (χ2n) is 3.87. The summed E-state index contributed by atoms with van der Waals surface area (Å²) < 4.78 is 5.62. The van der Waals surface area contributed by atoms with Crippen molar-refractivity contribution < 1.29 is 9.52 Å². The summed E-state index contributed by atoms with van der Waals surface area (Å²) >= 11 is 1.71. The lowest BCUT2D eigenvalue weighted by Gasteiger charge is -2.04. The lowest BCUT2D eigenvalue weighted by atomic mass is 10.2. The highest BCUT2D eigenvalue weighted by Crippen LogP contribution is 2.26. The van der Waals surface area contributed by atoms with Crippen molar-refractivity contribution in [2.24, 2.45) is 0 Å². The molecule has 0 bridgehead atoms. The van der Waals surface area contributed by atoms with Crippen molar-refractivity contribution in [2.75, 3.05) is 11.5 Å². The Morgan fingerprint density at radius 1 is 1.38 bits per heavy atom. The van der Waals surface area contributed by atoms with Crippen molar-refractivity contribution in [1.82, 2.24) is 0 Å². The third kappa shape index (κ3) is 2.42. The molecule has 0 radical (unpaired) electrons. The number of aliphatic hydroxyl groups excluding tert-OH is 1. The SMILES string of the molecule is CCSCC(O)c1cc2cc(C)ccc2o1. The van der Waals surface area contributed by atoms with Gasteiger partial charge in [-0.3, -0.25) is 0 Å². The average molecular weight is 236 g/mol. The second kappa shape index (κ2) is 4.93. The van der Waals surface area contributed by atoms with E-state index < -0.39 is 6.10 Å². The molecule has 0 aliphatic heterocycles. The fourth-order valence-electron chi connectivity index (χ4n) is 1.66. The second-order valence-corrected chi connectivity index (χ2v) is 5.18. The minimum Gasteiger partial charge on any atom is -0.458 e. The van der Waals surface area contributed by atoms with Crippen LogP contribution in [0.1, 0.15) is 24.4 Å². The van der Waals surface area contributed by atoms with Crippen LogP contribution >= 0.6 is 11.8 Å². The summed E-state index contributed by atoms with van der Waals surface area (Å²) in [6, 6.07) is 7.97. The van der Waals surface area contributed by atoms with E-state index in [2.05, 4.69) is 19.9 Å². The molecule has 0 saturated heterocycles. The zero-order valence-electron chi connectivity index (χ0n) is 9.56. The molecule has 2 aromatic rings. The minimum absolute atomic E-state index is 0.502. The quantitative estimate of drug-likeness (QED) is 0.881. The van der Waals surface area contributed by atoms with Gasteiger partial charge in [-0.2, -0.15) is 11.8 Å². The molecule has 3 heteroatoms. The molecular weight excluding hydrogens is 220 g/mol. The van der Waals surface area contributed by atoms with Gasteiger partial charge in [0.2, 0.25) is 0 Å². The summed E-state index contributed by atoms with van der Waals surface area (Å²) in [5.74, 6) is 2.37. The summed E-state index contributed by atoms with van der Waals surface area (Å²) in [4.78, 5) is 0. The van der Waals surface area contributed by atoms with E-state index in [1.807, 2.05) is 18.2 Å². The summed E-state index contributed by atoms with van der Waals surface area (Å²) in [5.41, 5.74) is 2.05. The van der Waals surface area contributed by atoms with Gasteiger partial charge in [0, 0.05) is 11.1 Å². The third-order valence-electron chi connectivity index (χ3n) is 2.50. The Kier molecular flexibility index (Phi) is 3.56. The fourth-order valence-corrected chi connectivity index (χ4v) is 2.28. The van der Waals surface area contributed by atoms with Crippen LogP contribution in [0.4, 0.5) is 0 Å². The molecule has 1 N–H and O–H groups in total. The molecule has 2 rings (SSSR count). The Bertz CT molecular complexity index is 476. The number of furan rings is 1. The predicted molar refractivity (Wildman–Crippen MR) is 68.9 cm³/mol. The fraction of sp³-hybridized carbons (Fsp3) is 0.385. The first-order valence-corrected chi connectivity index (χ1v) is 6.62. The van der Waals surface area contributed by atoms with Crippen LogP contribution in [0.25, 0.3) is 11.0 Å². The van der Waals surface area contributed by atoms with Crippen LogP contribution in [-0.2, 0) is 0 Å². The normalized spacial score (nSPS) is 13.2. The molecule has 1 heterocycles. The van der Waals surface area contributed by atoms with Crippen molar-refractivity contribution in [2.45, 2.75) is 20.0 Å². The van der Waals surface area contributed by atoms with Crippen LogP contribution in [0.2, 0.25) is 0 Å². The van der Waals surface area contributed by atoms with Crippen LogP contribution in [0.15, 0.2) is 28.7 Å². The van der Waals surface area contributed by atoms with Crippen LogP contribution in [0, 0.1) is 6.92 Å². The highest BCUT2D eigenvalue weighted by molar-refractivity contribution is 7.99. The summed E-state index contributed by atoms with van der Waals surface area (Å²) in [7, 11) is 0. The largest absolute Gasteiger partial charge is 0.458 e. The molecule has 1 atom stereocenters. The maximum Gasteiger partial charge on any atom is 0.134 e. The van der Waals surface area contributed by atoms with Gasteiger partial charge in [-0.15, -0.1) is 0 Å². The number of aryl methyl sites for hydroxylation is 1. The van der Waals surface area contributed by atoms with Gasteiger partial charge < -0.3 is 9.52 Å². The van der Waals surface area contributed by atoms with Gasteiger partial charge in [0.1, 0.15) is 17.4 Å². The van der Waals surface area contributed by atoms with Crippen LogP contribution in [-0.4, -0.2) is 16.6 Å². The van der Waals surface area contributed by atoms with Gasteiger partial charge in [0.05, 0.1) is 0 Å². The molecule has 16 heavy (non-hydrogen) atoms. The highest BCUT2D eigenvalue weighted by Gasteiger charge is 2.12. The van der Waals surface area contributed by atoms with Crippen molar-refractivity contribution in [3.63, 3.8) is 0 Å². The topological polar surface area (TPSA) is 33.4 Å². The van der Waals surface area contributed by atoms with E-state index in [0.29, 0.717) is 11.5 Å². The van der Waals surface area contributed by atoms with Gasteiger partial charge >= 0.3 is 0 Å². The first kappa shape index (κ1) is 11.6. The zero-order chi connectivity index (χ0) is 11.5. The average Bonchev–Trinajstić information content (AvgIpc) is 2.68. The Morgan fingerprint density at radius 2 is 2.19 bits per heavy atom.